The van der Waals surface area contributed by atoms with Crippen molar-refractivity contribution >= 4 is 5.78 Å². The maximum Gasteiger partial charge on any atom is 0.132 e. The van der Waals surface area contributed by atoms with Crippen LogP contribution in [0.5, 0.6) is 0 Å². The van der Waals surface area contributed by atoms with E-state index in [0.29, 0.717) is 5.78 Å². The van der Waals surface area contributed by atoms with Crippen LogP contribution in [0.1, 0.15) is 110 Å². The van der Waals surface area contributed by atoms with Gasteiger partial charge < -0.3 is 0 Å². The summed E-state index contributed by atoms with van der Waals surface area (Å²) in [6.45, 7) is 8.78. The molecule has 0 aliphatic heterocycles. The number of carbonyl (C=O) groups excluding carboxylic acids is 1. The first-order valence-electron chi connectivity index (χ1n) is 13.1. The normalized spacial score (nSPS) is 11.1. The van der Waals surface area contributed by atoms with Crippen LogP contribution in [0.25, 0.3) is 0 Å². The van der Waals surface area contributed by atoms with E-state index in [1.165, 1.54) is 97.6 Å². The molecule has 0 bridgehead atoms. The average molecular weight is 435 g/mol. The van der Waals surface area contributed by atoms with E-state index in [1.807, 2.05) is 0 Å². The SMILES string of the molecule is Cc1ccc(C)c(CCCCCCCC(=O)CCCCCCCc2cc(C)ccc2C)c1. The van der Waals surface area contributed by atoms with Crippen LogP contribution >= 0.6 is 0 Å². The summed E-state index contributed by atoms with van der Waals surface area (Å²) in [4.78, 5) is 12.1. The summed E-state index contributed by atoms with van der Waals surface area (Å²) in [5.41, 5.74) is 8.57. The van der Waals surface area contributed by atoms with Crippen molar-refractivity contribution in [2.24, 2.45) is 0 Å². The molecular formula is C31H46O. The van der Waals surface area contributed by atoms with E-state index in [1.54, 1.807) is 0 Å². The molecule has 0 aliphatic carbocycles. The van der Waals surface area contributed by atoms with Crippen molar-refractivity contribution in [1.29, 1.82) is 0 Å². The van der Waals surface area contributed by atoms with Gasteiger partial charge in [-0.15, -0.1) is 0 Å². The lowest BCUT2D eigenvalue weighted by Crippen LogP contribution is -1.98. The predicted molar refractivity (Wildman–Crippen MR) is 140 cm³/mol. The minimum Gasteiger partial charge on any atom is -0.300 e. The Bertz CT molecular complexity index is 750. The molecule has 0 aromatic heterocycles. The van der Waals surface area contributed by atoms with E-state index in [2.05, 4.69) is 64.1 Å². The fourth-order valence-electron chi connectivity index (χ4n) is 4.60. The van der Waals surface area contributed by atoms with Gasteiger partial charge in [0.15, 0.2) is 0 Å². The van der Waals surface area contributed by atoms with Crippen LogP contribution in [0.4, 0.5) is 0 Å². The first-order valence-corrected chi connectivity index (χ1v) is 13.1. The van der Waals surface area contributed by atoms with Crippen molar-refractivity contribution in [3.05, 3.63) is 69.8 Å². The highest BCUT2D eigenvalue weighted by atomic mass is 16.1. The number of hydrogen-bond acceptors (Lipinski definition) is 1. The second kappa shape index (κ2) is 15.0. The number of ketones is 1. The van der Waals surface area contributed by atoms with E-state index in [4.69, 9.17) is 0 Å². The van der Waals surface area contributed by atoms with E-state index in [9.17, 15) is 4.79 Å². The second-order valence-corrected chi connectivity index (χ2v) is 9.93. The fraction of sp³-hybridized carbons (Fsp3) is 0.581. The summed E-state index contributed by atoms with van der Waals surface area (Å²) in [5, 5.41) is 0. The molecule has 0 N–H and O–H groups in total. The average Bonchev–Trinajstić information content (AvgIpc) is 2.77. The first-order chi connectivity index (χ1) is 15.5. The van der Waals surface area contributed by atoms with Crippen LogP contribution in [-0.4, -0.2) is 5.78 Å². The Morgan fingerprint density at radius 1 is 0.531 bits per heavy atom. The van der Waals surface area contributed by atoms with Gasteiger partial charge in [-0.1, -0.05) is 86.1 Å². The van der Waals surface area contributed by atoms with Crippen molar-refractivity contribution < 1.29 is 4.79 Å². The monoisotopic (exact) mass is 434 g/mol. The fourth-order valence-corrected chi connectivity index (χ4v) is 4.60. The molecular weight excluding hydrogens is 388 g/mol. The third kappa shape index (κ3) is 10.6. The minimum absolute atomic E-state index is 0.482. The molecule has 0 spiro atoms. The number of hydrogen-bond donors (Lipinski definition) is 0. The van der Waals surface area contributed by atoms with Crippen molar-refractivity contribution in [2.45, 2.75) is 118 Å². The van der Waals surface area contributed by atoms with Crippen LogP contribution in [0, 0.1) is 27.7 Å². The van der Waals surface area contributed by atoms with Gasteiger partial charge >= 0.3 is 0 Å². The van der Waals surface area contributed by atoms with E-state index < -0.39 is 0 Å². The Kier molecular flexibility index (Phi) is 12.4. The first kappa shape index (κ1) is 26.4. The number of aryl methyl sites for hydroxylation is 6. The second-order valence-electron chi connectivity index (χ2n) is 9.93. The third-order valence-corrected chi connectivity index (χ3v) is 6.81. The Morgan fingerprint density at radius 2 is 0.906 bits per heavy atom. The van der Waals surface area contributed by atoms with Gasteiger partial charge in [-0.2, -0.15) is 0 Å². The number of Topliss-reactive ketones (excluding diaryl/α,β-unsaturated/α-hetero) is 1. The topological polar surface area (TPSA) is 17.1 Å². The van der Waals surface area contributed by atoms with Gasteiger partial charge in [0.2, 0.25) is 0 Å². The molecule has 0 radical (unpaired) electrons. The molecule has 176 valence electrons. The number of rotatable bonds is 16. The largest absolute Gasteiger partial charge is 0.300 e. The highest BCUT2D eigenvalue weighted by molar-refractivity contribution is 5.78. The smallest absolute Gasteiger partial charge is 0.132 e. The van der Waals surface area contributed by atoms with Gasteiger partial charge in [-0.3, -0.25) is 4.79 Å². The molecule has 0 saturated carbocycles. The standard InChI is InChI=1S/C31H46O/c1-25-19-21-27(3)29(23-25)15-11-7-5-9-13-17-31(32)18-14-10-6-8-12-16-30-24-26(2)20-22-28(30)4/h19-24H,5-18H2,1-4H3. The molecule has 0 fully saturated rings. The van der Waals surface area contributed by atoms with E-state index in [-0.39, 0.29) is 0 Å². The zero-order valence-corrected chi connectivity index (χ0v) is 21.3. The van der Waals surface area contributed by atoms with E-state index in [0.717, 1.165) is 25.7 Å². The lowest BCUT2D eigenvalue weighted by Gasteiger charge is -2.07. The predicted octanol–water partition coefficient (Wildman–Crippen LogP) is 8.96. The molecule has 32 heavy (non-hydrogen) atoms. The van der Waals surface area contributed by atoms with Gasteiger partial charge in [0.05, 0.1) is 0 Å². The minimum atomic E-state index is 0.482. The summed E-state index contributed by atoms with van der Waals surface area (Å²) in [7, 11) is 0. The van der Waals surface area contributed by atoms with Crippen molar-refractivity contribution in [2.75, 3.05) is 0 Å². The third-order valence-electron chi connectivity index (χ3n) is 6.81. The van der Waals surface area contributed by atoms with Crippen molar-refractivity contribution in [1.82, 2.24) is 0 Å². The van der Waals surface area contributed by atoms with E-state index >= 15 is 0 Å². The Labute approximate surface area is 198 Å². The molecule has 1 heteroatoms. The molecule has 1 nitrogen and oxygen atoms in total. The Balaban J connectivity index is 1.40. The maximum atomic E-state index is 12.1. The van der Waals surface area contributed by atoms with Crippen molar-refractivity contribution in [3.8, 4) is 0 Å². The van der Waals surface area contributed by atoms with Crippen LogP contribution < -0.4 is 0 Å². The highest BCUT2D eigenvalue weighted by Crippen LogP contribution is 2.17. The summed E-state index contributed by atoms with van der Waals surface area (Å²) < 4.78 is 0. The van der Waals surface area contributed by atoms with Gasteiger partial charge in [-0.05, 0) is 88.5 Å². The number of carbonyl (C=O) groups is 1. The Morgan fingerprint density at radius 3 is 1.34 bits per heavy atom. The van der Waals surface area contributed by atoms with Gasteiger partial charge in [0.1, 0.15) is 5.78 Å². The summed E-state index contributed by atoms with van der Waals surface area (Å²) in [6.07, 6.45) is 16.2. The molecule has 2 rings (SSSR count). The zero-order chi connectivity index (χ0) is 23.2. The molecule has 0 saturated heterocycles. The van der Waals surface area contributed by atoms with Gasteiger partial charge in [-0.25, -0.2) is 0 Å². The van der Waals surface area contributed by atoms with Crippen LogP contribution in [-0.2, 0) is 17.6 Å². The molecule has 0 unspecified atom stereocenters. The lowest BCUT2D eigenvalue weighted by atomic mass is 9.98. The number of benzene rings is 2. The van der Waals surface area contributed by atoms with Crippen LogP contribution in [0.15, 0.2) is 36.4 Å². The lowest BCUT2D eigenvalue weighted by molar-refractivity contribution is -0.119. The number of unbranched alkanes of at least 4 members (excludes halogenated alkanes) is 8. The van der Waals surface area contributed by atoms with Gasteiger partial charge in [0.25, 0.3) is 0 Å². The molecule has 2 aromatic carbocycles. The van der Waals surface area contributed by atoms with Crippen LogP contribution in [0.3, 0.4) is 0 Å². The zero-order valence-electron chi connectivity index (χ0n) is 21.3. The summed E-state index contributed by atoms with van der Waals surface area (Å²) in [5.74, 6) is 0.482. The molecule has 2 aromatic rings. The van der Waals surface area contributed by atoms with Crippen molar-refractivity contribution in [3.63, 3.8) is 0 Å². The Hall–Kier alpha value is -1.89. The molecule has 0 atom stereocenters. The summed E-state index contributed by atoms with van der Waals surface area (Å²) in [6, 6.07) is 13.5. The quantitative estimate of drug-likeness (QED) is 0.241. The highest BCUT2D eigenvalue weighted by Gasteiger charge is 2.04. The molecule has 0 heterocycles. The molecule has 0 aliphatic rings. The van der Waals surface area contributed by atoms with Crippen LogP contribution in [0.2, 0.25) is 0 Å². The molecule has 0 amide bonds. The maximum absolute atomic E-state index is 12.1. The summed E-state index contributed by atoms with van der Waals surface area (Å²) >= 11 is 0. The van der Waals surface area contributed by atoms with Gasteiger partial charge in [0, 0.05) is 12.8 Å².